The number of aromatic nitrogens is 2. The molecule has 2 aromatic heterocycles. The van der Waals surface area contributed by atoms with Gasteiger partial charge in [-0.15, -0.1) is 0 Å². The number of nitrogens with zero attached hydrogens (tertiary/aromatic N) is 2. The van der Waals surface area contributed by atoms with E-state index in [1.54, 1.807) is 0 Å². The smallest absolute Gasteiger partial charge is 0.0714 e. The van der Waals surface area contributed by atoms with Crippen molar-refractivity contribution in [2.24, 2.45) is 0 Å². The molecule has 2 nitrogen and oxygen atoms in total. The minimum atomic E-state index is -0.466. The van der Waals surface area contributed by atoms with E-state index in [0.29, 0.717) is 0 Å². The Morgan fingerprint density at radius 2 is 0.754 bits per heavy atom. The summed E-state index contributed by atoms with van der Waals surface area (Å²) in [5.74, 6) is 0. The average Bonchev–Trinajstić information content (AvgIpc) is 3.95. The number of para-hydroxylation sites is 2. The van der Waals surface area contributed by atoms with Gasteiger partial charge in [0.15, 0.2) is 0 Å². The summed E-state index contributed by atoms with van der Waals surface area (Å²) in [5, 5.41) is 7.49. The minimum absolute atomic E-state index is 0.466. The van der Waals surface area contributed by atoms with Crippen molar-refractivity contribution in [3.63, 3.8) is 0 Å². The van der Waals surface area contributed by atoms with E-state index in [0.717, 1.165) is 5.69 Å². The SMILES string of the molecule is c1ccc(C2(c3ccccc3)c3ccccc3-c3ccc(-n4c5ccccc5c5cc(-c6ccc7c(c6)c6ccccc6n7-c6ccc7ccccc7c6)ccc54)cc32)cc1. The van der Waals surface area contributed by atoms with Crippen LogP contribution < -0.4 is 0 Å². The Kier molecular flexibility index (Phi) is 7.26. The number of rotatable bonds is 5. The van der Waals surface area contributed by atoms with Crippen LogP contribution in [0.25, 0.3) is 88.0 Å². The van der Waals surface area contributed by atoms with Gasteiger partial charge in [0.05, 0.1) is 27.5 Å². The summed E-state index contributed by atoms with van der Waals surface area (Å²) in [5.41, 5.74) is 16.8. The van der Waals surface area contributed by atoms with Crippen LogP contribution in [0, 0.1) is 0 Å². The van der Waals surface area contributed by atoms with Crippen LogP contribution >= 0.6 is 0 Å². The first kappa shape index (κ1) is 34.0. The van der Waals surface area contributed by atoms with E-state index in [2.05, 4.69) is 240 Å². The molecule has 284 valence electrons. The summed E-state index contributed by atoms with van der Waals surface area (Å²) >= 11 is 0. The van der Waals surface area contributed by atoms with Gasteiger partial charge < -0.3 is 9.13 Å². The summed E-state index contributed by atoms with van der Waals surface area (Å²) < 4.78 is 4.88. The molecule has 0 bridgehead atoms. The topological polar surface area (TPSA) is 9.86 Å². The number of benzene rings is 10. The number of hydrogen-bond donors (Lipinski definition) is 0. The Morgan fingerprint density at radius 1 is 0.279 bits per heavy atom. The molecule has 12 aromatic rings. The third kappa shape index (κ3) is 4.85. The van der Waals surface area contributed by atoms with Crippen LogP contribution in [-0.2, 0) is 5.41 Å². The fourth-order valence-electron chi connectivity index (χ4n) is 10.7. The van der Waals surface area contributed by atoms with E-state index in [-0.39, 0.29) is 0 Å². The van der Waals surface area contributed by atoms with Crippen molar-refractivity contribution < 1.29 is 0 Å². The van der Waals surface area contributed by atoms with Gasteiger partial charge in [-0.05, 0) is 116 Å². The molecule has 61 heavy (non-hydrogen) atoms. The third-order valence-corrected chi connectivity index (χ3v) is 13.4. The van der Waals surface area contributed by atoms with Gasteiger partial charge in [0, 0.05) is 32.9 Å². The molecule has 0 N–H and O–H groups in total. The van der Waals surface area contributed by atoms with E-state index in [9.17, 15) is 0 Å². The molecule has 0 fully saturated rings. The normalized spacial score (nSPS) is 13.0. The van der Waals surface area contributed by atoms with Gasteiger partial charge in [-0.3, -0.25) is 0 Å². The molecule has 2 heteroatoms. The van der Waals surface area contributed by atoms with E-state index < -0.39 is 5.41 Å². The van der Waals surface area contributed by atoms with Crippen molar-refractivity contribution in [3.05, 3.63) is 253 Å². The lowest BCUT2D eigenvalue weighted by Gasteiger charge is -2.34. The molecule has 2 heterocycles. The predicted octanol–water partition coefficient (Wildman–Crippen LogP) is 15.1. The van der Waals surface area contributed by atoms with E-state index in [1.807, 2.05) is 0 Å². The molecule has 1 aliphatic carbocycles. The highest BCUT2D eigenvalue weighted by Gasteiger charge is 2.46. The van der Waals surface area contributed by atoms with Crippen LogP contribution in [0.2, 0.25) is 0 Å². The van der Waals surface area contributed by atoms with E-state index in [4.69, 9.17) is 0 Å². The lowest BCUT2D eigenvalue weighted by Crippen LogP contribution is -2.28. The Labute approximate surface area is 353 Å². The van der Waals surface area contributed by atoms with Crippen molar-refractivity contribution in [1.29, 1.82) is 0 Å². The van der Waals surface area contributed by atoms with Gasteiger partial charge in [-0.2, -0.15) is 0 Å². The molecule has 0 radical (unpaired) electrons. The Hall–Kier alpha value is -7.94. The molecule has 0 saturated carbocycles. The van der Waals surface area contributed by atoms with Crippen LogP contribution in [0.5, 0.6) is 0 Å². The maximum absolute atomic E-state index is 2.47. The highest BCUT2D eigenvalue weighted by Crippen LogP contribution is 2.56. The number of hydrogen-bond acceptors (Lipinski definition) is 0. The molecule has 1 aliphatic rings. The van der Waals surface area contributed by atoms with Crippen LogP contribution in [0.3, 0.4) is 0 Å². The summed E-state index contributed by atoms with van der Waals surface area (Å²) in [6.45, 7) is 0. The molecular weight excluding hydrogens is 737 g/mol. The van der Waals surface area contributed by atoms with Gasteiger partial charge in [-0.25, -0.2) is 0 Å². The Morgan fingerprint density at radius 3 is 1.39 bits per heavy atom. The monoisotopic (exact) mass is 774 g/mol. The highest BCUT2D eigenvalue weighted by molar-refractivity contribution is 6.13. The zero-order valence-electron chi connectivity index (χ0n) is 33.3. The average molecular weight is 775 g/mol. The van der Waals surface area contributed by atoms with Crippen LogP contribution in [0.1, 0.15) is 22.3 Å². The van der Waals surface area contributed by atoms with Gasteiger partial charge in [0.2, 0.25) is 0 Å². The molecule has 13 rings (SSSR count). The van der Waals surface area contributed by atoms with Gasteiger partial charge >= 0.3 is 0 Å². The lowest BCUT2D eigenvalue weighted by atomic mass is 9.67. The quantitative estimate of drug-likeness (QED) is 0.165. The molecule has 0 aliphatic heterocycles. The highest BCUT2D eigenvalue weighted by atomic mass is 15.0. The van der Waals surface area contributed by atoms with E-state index in [1.165, 1.54) is 105 Å². The second-order valence-corrected chi connectivity index (χ2v) is 16.5. The standard InChI is InChI=1S/C59H38N2/c1-3-17-43(18-4-1)59(44-19-5-2-6-20-44)53-24-12-9-21-47(53)48-32-31-46(38-54(48)59)61-56-26-14-11-23-50(56)52-37-42(29-34-58(52)61)41-28-33-57-51(36-41)49-22-10-13-25-55(49)60(57)45-30-27-39-15-7-8-16-40(39)35-45/h1-38H. The third-order valence-electron chi connectivity index (χ3n) is 13.4. The largest absolute Gasteiger partial charge is 0.309 e. The second kappa shape index (κ2) is 13.0. The maximum Gasteiger partial charge on any atom is 0.0714 e. The van der Waals surface area contributed by atoms with Crippen molar-refractivity contribution in [3.8, 4) is 33.6 Å². The van der Waals surface area contributed by atoms with Gasteiger partial charge in [-0.1, -0.05) is 170 Å². The molecular formula is C59H38N2. The molecule has 10 aromatic carbocycles. The maximum atomic E-state index is 2.47. The van der Waals surface area contributed by atoms with E-state index >= 15 is 0 Å². The summed E-state index contributed by atoms with van der Waals surface area (Å²) in [6.07, 6.45) is 0. The van der Waals surface area contributed by atoms with Crippen LogP contribution in [0.15, 0.2) is 231 Å². The molecule has 0 atom stereocenters. The van der Waals surface area contributed by atoms with Crippen molar-refractivity contribution in [2.75, 3.05) is 0 Å². The molecule has 0 spiro atoms. The lowest BCUT2D eigenvalue weighted by molar-refractivity contribution is 0.767. The first-order valence-electron chi connectivity index (χ1n) is 21.2. The van der Waals surface area contributed by atoms with Gasteiger partial charge in [0.25, 0.3) is 0 Å². The summed E-state index contributed by atoms with van der Waals surface area (Å²) in [4.78, 5) is 0. The summed E-state index contributed by atoms with van der Waals surface area (Å²) in [6, 6.07) is 85.4. The zero-order chi connectivity index (χ0) is 40.1. The fraction of sp³-hybridized carbons (Fsp3) is 0.0169. The second-order valence-electron chi connectivity index (χ2n) is 16.5. The number of fused-ring (bicyclic) bond motifs is 10. The minimum Gasteiger partial charge on any atom is -0.309 e. The molecule has 0 saturated heterocycles. The van der Waals surface area contributed by atoms with Crippen molar-refractivity contribution in [1.82, 2.24) is 9.13 Å². The first-order valence-corrected chi connectivity index (χ1v) is 21.2. The Bertz CT molecular complexity index is 3660. The van der Waals surface area contributed by atoms with Crippen molar-refractivity contribution >= 4 is 54.4 Å². The Balaban J connectivity index is 0.993. The van der Waals surface area contributed by atoms with Crippen LogP contribution in [0.4, 0.5) is 0 Å². The molecule has 0 amide bonds. The van der Waals surface area contributed by atoms with Crippen LogP contribution in [-0.4, -0.2) is 9.13 Å². The predicted molar refractivity (Wildman–Crippen MR) is 255 cm³/mol. The zero-order valence-corrected chi connectivity index (χ0v) is 33.3. The fourth-order valence-corrected chi connectivity index (χ4v) is 10.7. The summed E-state index contributed by atoms with van der Waals surface area (Å²) in [7, 11) is 0. The first-order chi connectivity index (χ1) is 30.3. The van der Waals surface area contributed by atoms with Gasteiger partial charge in [0.1, 0.15) is 0 Å². The molecule has 0 unspecified atom stereocenters. The van der Waals surface area contributed by atoms with Crippen molar-refractivity contribution in [2.45, 2.75) is 5.41 Å².